The van der Waals surface area contributed by atoms with E-state index in [2.05, 4.69) is 33.9 Å². The third kappa shape index (κ3) is 2.65. The summed E-state index contributed by atoms with van der Waals surface area (Å²) in [7, 11) is 0. The van der Waals surface area contributed by atoms with Crippen molar-refractivity contribution in [3.8, 4) is 0 Å². The van der Waals surface area contributed by atoms with Gasteiger partial charge in [0, 0.05) is 18.8 Å². The summed E-state index contributed by atoms with van der Waals surface area (Å²) in [5, 5.41) is 13.4. The molecule has 1 fully saturated rings. The lowest BCUT2D eigenvalue weighted by molar-refractivity contribution is 0.0900. The number of aliphatic hydroxyl groups excluding tert-OH is 1. The standard InChI is InChI=1S/C15H21N3O/c1-11-6-7-15-17-9-12(18(15)10-11)8-16-13-4-2-3-5-14(13)19/h6-7,9-10,13-14,16,19H,2-5,8H2,1H3. The highest BCUT2D eigenvalue weighted by Gasteiger charge is 2.22. The fourth-order valence-corrected chi connectivity index (χ4v) is 2.85. The first-order valence-electron chi connectivity index (χ1n) is 7.08. The Hall–Kier alpha value is -1.39. The van der Waals surface area contributed by atoms with Crippen LogP contribution >= 0.6 is 0 Å². The Morgan fingerprint density at radius 2 is 2.21 bits per heavy atom. The lowest BCUT2D eigenvalue weighted by Gasteiger charge is -2.28. The summed E-state index contributed by atoms with van der Waals surface area (Å²) in [5.41, 5.74) is 3.35. The first-order valence-corrected chi connectivity index (χ1v) is 7.08. The molecule has 2 unspecified atom stereocenters. The number of hydrogen-bond donors (Lipinski definition) is 2. The van der Waals surface area contributed by atoms with Crippen molar-refractivity contribution in [3.63, 3.8) is 0 Å². The average Bonchev–Trinajstić information content (AvgIpc) is 2.80. The topological polar surface area (TPSA) is 49.6 Å². The maximum Gasteiger partial charge on any atom is 0.136 e. The van der Waals surface area contributed by atoms with E-state index in [-0.39, 0.29) is 12.1 Å². The second kappa shape index (κ2) is 5.31. The number of fused-ring (bicyclic) bond motifs is 1. The van der Waals surface area contributed by atoms with Gasteiger partial charge in [-0.2, -0.15) is 0 Å². The summed E-state index contributed by atoms with van der Waals surface area (Å²) in [4.78, 5) is 4.40. The molecule has 3 rings (SSSR count). The van der Waals surface area contributed by atoms with Crippen LogP contribution in [-0.2, 0) is 6.54 Å². The third-order valence-electron chi connectivity index (χ3n) is 4.00. The predicted octanol–water partition coefficient (Wildman–Crippen LogP) is 2.04. The smallest absolute Gasteiger partial charge is 0.136 e. The molecule has 2 heterocycles. The van der Waals surface area contributed by atoms with Crippen LogP contribution in [0.5, 0.6) is 0 Å². The third-order valence-corrected chi connectivity index (χ3v) is 4.00. The molecule has 1 aliphatic carbocycles. The molecule has 2 N–H and O–H groups in total. The largest absolute Gasteiger partial charge is 0.392 e. The molecule has 4 nitrogen and oxygen atoms in total. The van der Waals surface area contributed by atoms with Gasteiger partial charge in [0.1, 0.15) is 5.65 Å². The number of imidazole rings is 1. The Morgan fingerprint density at radius 3 is 3.05 bits per heavy atom. The molecule has 102 valence electrons. The summed E-state index contributed by atoms with van der Waals surface area (Å²) < 4.78 is 2.12. The average molecular weight is 259 g/mol. The highest BCUT2D eigenvalue weighted by molar-refractivity contribution is 5.41. The molecule has 2 aromatic heterocycles. The van der Waals surface area contributed by atoms with Crippen molar-refractivity contribution >= 4 is 5.65 Å². The SMILES string of the molecule is Cc1ccc2ncc(CNC3CCCCC3O)n2c1. The Morgan fingerprint density at radius 1 is 1.37 bits per heavy atom. The Labute approximate surface area is 113 Å². The molecule has 4 heteroatoms. The molecule has 0 spiro atoms. The Kier molecular flexibility index (Phi) is 3.53. The summed E-state index contributed by atoms with van der Waals surface area (Å²) >= 11 is 0. The van der Waals surface area contributed by atoms with Gasteiger partial charge in [-0.25, -0.2) is 4.98 Å². The maximum atomic E-state index is 9.97. The number of aryl methyl sites for hydroxylation is 1. The van der Waals surface area contributed by atoms with Gasteiger partial charge in [0.05, 0.1) is 18.0 Å². The van der Waals surface area contributed by atoms with Gasteiger partial charge < -0.3 is 14.8 Å². The van der Waals surface area contributed by atoms with E-state index in [0.29, 0.717) is 0 Å². The number of aromatic nitrogens is 2. The van der Waals surface area contributed by atoms with Crippen LogP contribution in [0.1, 0.15) is 36.9 Å². The fourth-order valence-electron chi connectivity index (χ4n) is 2.85. The van der Waals surface area contributed by atoms with Crippen molar-refractivity contribution in [2.24, 2.45) is 0 Å². The predicted molar refractivity (Wildman–Crippen MR) is 75.0 cm³/mol. The second-order valence-electron chi connectivity index (χ2n) is 5.52. The molecule has 1 saturated carbocycles. The zero-order valence-corrected chi connectivity index (χ0v) is 11.3. The molecule has 1 aliphatic rings. The minimum atomic E-state index is -0.199. The number of pyridine rings is 1. The van der Waals surface area contributed by atoms with Crippen molar-refractivity contribution in [3.05, 3.63) is 35.8 Å². The summed E-state index contributed by atoms with van der Waals surface area (Å²) in [6.45, 7) is 2.84. The molecule has 0 amide bonds. The van der Waals surface area contributed by atoms with Crippen LogP contribution in [0.15, 0.2) is 24.5 Å². The van der Waals surface area contributed by atoms with Gasteiger partial charge in [-0.1, -0.05) is 18.9 Å². The summed E-state index contributed by atoms with van der Waals surface area (Å²) in [5.74, 6) is 0. The van der Waals surface area contributed by atoms with Gasteiger partial charge in [0.2, 0.25) is 0 Å². The first-order chi connectivity index (χ1) is 9.24. The molecule has 0 aliphatic heterocycles. The van der Waals surface area contributed by atoms with Gasteiger partial charge in [0.25, 0.3) is 0 Å². The number of nitrogens with zero attached hydrogens (tertiary/aromatic N) is 2. The molecule has 2 aromatic rings. The number of aliphatic hydroxyl groups is 1. The molecule has 0 aromatic carbocycles. The number of rotatable bonds is 3. The van der Waals surface area contributed by atoms with Gasteiger partial charge in [-0.3, -0.25) is 0 Å². The van der Waals surface area contributed by atoms with E-state index in [1.54, 1.807) is 0 Å². The molecule has 0 saturated heterocycles. The molecule has 19 heavy (non-hydrogen) atoms. The zero-order valence-electron chi connectivity index (χ0n) is 11.3. The lowest BCUT2D eigenvalue weighted by atomic mass is 9.92. The van der Waals surface area contributed by atoms with E-state index in [1.165, 1.54) is 12.0 Å². The molecular formula is C15H21N3O. The van der Waals surface area contributed by atoms with E-state index < -0.39 is 0 Å². The van der Waals surface area contributed by atoms with Crippen LogP contribution in [0.4, 0.5) is 0 Å². The van der Waals surface area contributed by atoms with Gasteiger partial charge in [-0.15, -0.1) is 0 Å². The van der Waals surface area contributed by atoms with Crippen LogP contribution < -0.4 is 5.32 Å². The summed E-state index contributed by atoms with van der Waals surface area (Å²) in [6, 6.07) is 4.34. The quantitative estimate of drug-likeness (QED) is 0.887. The van der Waals surface area contributed by atoms with Gasteiger partial charge >= 0.3 is 0 Å². The van der Waals surface area contributed by atoms with Crippen LogP contribution in [0.3, 0.4) is 0 Å². The summed E-state index contributed by atoms with van der Waals surface area (Å²) in [6.07, 6.45) is 8.17. The van der Waals surface area contributed by atoms with Crippen LogP contribution in [0.25, 0.3) is 5.65 Å². The normalized spacial score (nSPS) is 23.9. The minimum absolute atomic E-state index is 0.199. The number of hydrogen-bond acceptors (Lipinski definition) is 3. The molecular weight excluding hydrogens is 238 g/mol. The Balaban J connectivity index is 1.72. The second-order valence-corrected chi connectivity index (χ2v) is 5.52. The van der Waals surface area contributed by atoms with Crippen LogP contribution in [0.2, 0.25) is 0 Å². The van der Waals surface area contributed by atoms with E-state index in [9.17, 15) is 5.11 Å². The van der Waals surface area contributed by atoms with Crippen molar-refractivity contribution in [1.82, 2.24) is 14.7 Å². The van der Waals surface area contributed by atoms with Crippen LogP contribution in [0, 0.1) is 6.92 Å². The number of nitrogens with one attached hydrogen (secondary N) is 1. The van der Waals surface area contributed by atoms with Crippen molar-refractivity contribution in [2.45, 2.75) is 51.3 Å². The maximum absolute atomic E-state index is 9.97. The molecule has 0 bridgehead atoms. The first kappa shape index (κ1) is 12.6. The van der Waals surface area contributed by atoms with Crippen LogP contribution in [-0.4, -0.2) is 26.6 Å². The van der Waals surface area contributed by atoms with E-state index in [1.807, 2.05) is 12.3 Å². The fraction of sp³-hybridized carbons (Fsp3) is 0.533. The lowest BCUT2D eigenvalue weighted by Crippen LogP contribution is -2.41. The van der Waals surface area contributed by atoms with Gasteiger partial charge in [0.15, 0.2) is 0 Å². The molecule has 2 atom stereocenters. The van der Waals surface area contributed by atoms with Crippen molar-refractivity contribution in [1.29, 1.82) is 0 Å². The molecule has 0 radical (unpaired) electrons. The van der Waals surface area contributed by atoms with Crippen molar-refractivity contribution in [2.75, 3.05) is 0 Å². The van der Waals surface area contributed by atoms with E-state index in [0.717, 1.165) is 37.1 Å². The monoisotopic (exact) mass is 259 g/mol. The van der Waals surface area contributed by atoms with Crippen molar-refractivity contribution < 1.29 is 5.11 Å². The van der Waals surface area contributed by atoms with E-state index >= 15 is 0 Å². The van der Waals surface area contributed by atoms with E-state index in [4.69, 9.17) is 0 Å². The minimum Gasteiger partial charge on any atom is -0.392 e. The zero-order chi connectivity index (χ0) is 13.2. The highest BCUT2D eigenvalue weighted by atomic mass is 16.3. The Bertz CT molecular complexity index is 564. The highest BCUT2D eigenvalue weighted by Crippen LogP contribution is 2.19. The van der Waals surface area contributed by atoms with Gasteiger partial charge in [-0.05, 0) is 31.4 Å².